The van der Waals surface area contributed by atoms with Gasteiger partial charge >= 0.3 is 0 Å². The van der Waals surface area contributed by atoms with E-state index < -0.39 is 0 Å². The fraction of sp³-hybridized carbons (Fsp3) is 0.550. The normalized spacial score (nSPS) is 17.9. The summed E-state index contributed by atoms with van der Waals surface area (Å²) in [6, 6.07) is 6.18. The Morgan fingerprint density at radius 1 is 1.32 bits per heavy atom. The van der Waals surface area contributed by atoms with Crippen LogP contribution in [0.15, 0.2) is 23.2 Å². The molecule has 1 atom stereocenters. The second-order valence-electron chi connectivity index (χ2n) is 6.94. The van der Waals surface area contributed by atoms with Gasteiger partial charge in [0.05, 0.1) is 28.3 Å². The van der Waals surface area contributed by atoms with Crippen LogP contribution in [-0.2, 0) is 16.6 Å². The zero-order valence-electron chi connectivity index (χ0n) is 16.6. The molecule has 1 aromatic carbocycles. The number of carbonyl (C=O) groups is 2. The van der Waals surface area contributed by atoms with Crippen molar-refractivity contribution in [2.75, 3.05) is 24.7 Å². The largest absolute Gasteiger partial charge is 0.494 e. The first-order valence-corrected chi connectivity index (χ1v) is 11.6. The van der Waals surface area contributed by atoms with Gasteiger partial charge in [0.15, 0.2) is 4.80 Å². The summed E-state index contributed by atoms with van der Waals surface area (Å²) in [5.74, 6) is 1.28. The molecule has 2 heterocycles. The van der Waals surface area contributed by atoms with Gasteiger partial charge in [-0.15, -0.1) is 11.8 Å². The minimum absolute atomic E-state index is 0.126. The van der Waals surface area contributed by atoms with Gasteiger partial charge in [0.25, 0.3) is 5.91 Å². The lowest BCUT2D eigenvalue weighted by Gasteiger charge is -2.33. The number of thioether (sulfide) groups is 1. The number of nitrogens with zero attached hydrogens (tertiary/aromatic N) is 3. The number of hydrogen-bond acceptors (Lipinski definition) is 5. The maximum absolute atomic E-state index is 12.4. The monoisotopic (exact) mass is 421 g/mol. The Kier molecular flexibility index (Phi) is 7.18. The minimum Gasteiger partial charge on any atom is -0.494 e. The number of piperidine rings is 1. The van der Waals surface area contributed by atoms with Crippen molar-refractivity contribution in [2.24, 2.45) is 12.0 Å². The molecule has 8 heteroatoms. The molecule has 1 aliphatic rings. The van der Waals surface area contributed by atoms with Gasteiger partial charge in [-0.1, -0.05) is 11.3 Å². The van der Waals surface area contributed by atoms with E-state index in [9.17, 15) is 9.59 Å². The molecule has 2 aromatic rings. The van der Waals surface area contributed by atoms with Gasteiger partial charge in [-0.25, -0.2) is 0 Å². The first kappa shape index (κ1) is 20.9. The van der Waals surface area contributed by atoms with E-state index in [0.717, 1.165) is 35.4 Å². The second-order valence-corrected chi connectivity index (χ2v) is 8.93. The van der Waals surface area contributed by atoms with Crippen LogP contribution >= 0.6 is 23.1 Å². The van der Waals surface area contributed by atoms with E-state index in [2.05, 4.69) is 11.9 Å². The number of aromatic nitrogens is 1. The molecule has 0 N–H and O–H groups in total. The molecular weight excluding hydrogens is 394 g/mol. The van der Waals surface area contributed by atoms with Gasteiger partial charge in [0.2, 0.25) is 5.91 Å². The van der Waals surface area contributed by atoms with Gasteiger partial charge in [0, 0.05) is 19.6 Å². The number of fused-ring (bicyclic) bond motifs is 1. The number of thiazole rings is 1. The molecule has 1 saturated heterocycles. The van der Waals surface area contributed by atoms with Crippen LogP contribution in [0.4, 0.5) is 0 Å². The van der Waals surface area contributed by atoms with E-state index in [1.54, 1.807) is 0 Å². The second kappa shape index (κ2) is 9.60. The lowest BCUT2D eigenvalue weighted by atomic mass is 10.0. The third-order valence-electron chi connectivity index (χ3n) is 4.89. The predicted octanol–water partition coefficient (Wildman–Crippen LogP) is 3.20. The van der Waals surface area contributed by atoms with Crippen LogP contribution in [-0.4, -0.2) is 52.0 Å². The summed E-state index contributed by atoms with van der Waals surface area (Å²) in [5.41, 5.74) is 1.02. The first-order chi connectivity index (χ1) is 13.5. The van der Waals surface area contributed by atoms with E-state index in [0.29, 0.717) is 23.2 Å². The van der Waals surface area contributed by atoms with Crippen molar-refractivity contribution in [3.63, 3.8) is 0 Å². The highest BCUT2D eigenvalue weighted by Crippen LogP contribution is 2.23. The number of ether oxygens (including phenoxy) is 1. The molecule has 1 aliphatic heterocycles. The Balaban J connectivity index is 1.61. The third kappa shape index (κ3) is 4.97. The van der Waals surface area contributed by atoms with E-state index in [1.807, 2.05) is 41.6 Å². The minimum atomic E-state index is -0.211. The third-order valence-corrected chi connectivity index (χ3v) is 6.88. The molecule has 152 valence electrons. The number of benzene rings is 1. The highest BCUT2D eigenvalue weighted by molar-refractivity contribution is 8.00. The molecule has 1 fully saturated rings. The van der Waals surface area contributed by atoms with Crippen LogP contribution in [0.2, 0.25) is 0 Å². The number of rotatable bonds is 6. The van der Waals surface area contributed by atoms with E-state index in [4.69, 9.17) is 4.74 Å². The zero-order chi connectivity index (χ0) is 20.1. The molecular formula is C20H27N3O3S2. The molecule has 0 spiro atoms. The van der Waals surface area contributed by atoms with Crippen molar-refractivity contribution in [1.29, 1.82) is 0 Å². The van der Waals surface area contributed by atoms with Crippen LogP contribution in [0.5, 0.6) is 5.75 Å². The molecule has 2 amide bonds. The van der Waals surface area contributed by atoms with Crippen LogP contribution in [0.25, 0.3) is 10.2 Å². The quantitative estimate of drug-likeness (QED) is 0.719. The van der Waals surface area contributed by atoms with Crippen molar-refractivity contribution >= 4 is 45.1 Å². The molecule has 0 aliphatic carbocycles. The summed E-state index contributed by atoms with van der Waals surface area (Å²) in [6.07, 6.45) is 3.33. The maximum Gasteiger partial charge on any atom is 0.258 e. The Hall–Kier alpha value is -1.80. The van der Waals surface area contributed by atoms with Gasteiger partial charge in [-0.05, 0) is 51.3 Å². The number of carbonyl (C=O) groups excluding carboxylic acids is 2. The van der Waals surface area contributed by atoms with Gasteiger partial charge in [-0.3, -0.25) is 9.59 Å². The summed E-state index contributed by atoms with van der Waals surface area (Å²) in [6.45, 7) is 5.50. The summed E-state index contributed by atoms with van der Waals surface area (Å²) in [4.78, 5) is 31.5. The molecule has 3 rings (SSSR count). The summed E-state index contributed by atoms with van der Waals surface area (Å²) < 4.78 is 8.48. The van der Waals surface area contributed by atoms with Crippen molar-refractivity contribution < 1.29 is 14.3 Å². The Morgan fingerprint density at radius 2 is 2.14 bits per heavy atom. The SMILES string of the molecule is CCOc1ccc2c(c1)sc(=NC(=O)CSCC(=O)N1CCCC[C@H]1C)n2C. The summed E-state index contributed by atoms with van der Waals surface area (Å²) >= 11 is 2.81. The van der Waals surface area contributed by atoms with Crippen LogP contribution < -0.4 is 9.54 Å². The molecule has 0 saturated carbocycles. The Bertz CT molecular complexity index is 919. The van der Waals surface area contributed by atoms with E-state index in [-0.39, 0.29) is 17.6 Å². The highest BCUT2D eigenvalue weighted by atomic mass is 32.2. The smallest absolute Gasteiger partial charge is 0.258 e. The van der Waals surface area contributed by atoms with Gasteiger partial charge < -0.3 is 14.2 Å². The molecule has 28 heavy (non-hydrogen) atoms. The maximum atomic E-state index is 12.4. The fourth-order valence-corrected chi connectivity index (χ4v) is 5.14. The van der Waals surface area contributed by atoms with E-state index >= 15 is 0 Å². The highest BCUT2D eigenvalue weighted by Gasteiger charge is 2.22. The first-order valence-electron chi connectivity index (χ1n) is 9.66. The Labute approximate surface area is 173 Å². The summed E-state index contributed by atoms with van der Waals surface area (Å²) in [5, 5.41) is 0. The number of likely N-dealkylation sites (tertiary alicyclic amines) is 1. The van der Waals surface area contributed by atoms with Crippen LogP contribution in [0.3, 0.4) is 0 Å². The lowest BCUT2D eigenvalue weighted by Crippen LogP contribution is -2.43. The van der Waals surface area contributed by atoms with Gasteiger partial charge in [0.1, 0.15) is 5.75 Å². The summed E-state index contributed by atoms with van der Waals surface area (Å²) in [7, 11) is 1.90. The van der Waals surface area contributed by atoms with Crippen molar-refractivity contribution in [3.8, 4) is 5.75 Å². The number of aryl methyl sites for hydroxylation is 1. The Morgan fingerprint density at radius 3 is 2.89 bits per heavy atom. The standard InChI is InChI=1S/C20H27N3O3S2/c1-4-26-15-8-9-16-17(11-15)28-20(22(16)3)21-18(24)12-27-13-19(25)23-10-6-5-7-14(23)2/h8-9,11,14H,4-7,10,12-13H2,1-3H3/t14-/m1/s1. The average molecular weight is 422 g/mol. The zero-order valence-corrected chi connectivity index (χ0v) is 18.3. The van der Waals surface area contributed by atoms with Crippen molar-refractivity contribution in [3.05, 3.63) is 23.0 Å². The van der Waals surface area contributed by atoms with Crippen molar-refractivity contribution in [2.45, 2.75) is 39.2 Å². The van der Waals surface area contributed by atoms with Crippen LogP contribution in [0, 0.1) is 0 Å². The molecule has 0 bridgehead atoms. The fourth-order valence-electron chi connectivity index (χ4n) is 3.39. The van der Waals surface area contributed by atoms with Gasteiger partial charge in [-0.2, -0.15) is 4.99 Å². The molecule has 6 nitrogen and oxygen atoms in total. The average Bonchev–Trinajstić information content (AvgIpc) is 2.97. The predicted molar refractivity (Wildman–Crippen MR) is 115 cm³/mol. The number of hydrogen-bond donors (Lipinski definition) is 0. The topological polar surface area (TPSA) is 63.9 Å². The number of amides is 2. The molecule has 1 aromatic heterocycles. The lowest BCUT2D eigenvalue weighted by molar-refractivity contribution is -0.131. The van der Waals surface area contributed by atoms with Crippen molar-refractivity contribution in [1.82, 2.24) is 9.47 Å². The molecule has 0 unspecified atom stereocenters. The molecule has 0 radical (unpaired) electrons. The van der Waals surface area contributed by atoms with E-state index in [1.165, 1.54) is 29.5 Å². The van der Waals surface area contributed by atoms with Crippen LogP contribution in [0.1, 0.15) is 33.1 Å².